The van der Waals surface area contributed by atoms with Crippen molar-refractivity contribution in [2.45, 2.75) is 61.7 Å². The van der Waals surface area contributed by atoms with Crippen molar-refractivity contribution in [3.8, 4) is 0 Å². The number of nitro groups is 1. The van der Waals surface area contributed by atoms with Gasteiger partial charge in [0.2, 0.25) is 5.78 Å². The molecule has 5 rings (SSSR count). The maximum absolute atomic E-state index is 13.0. The van der Waals surface area contributed by atoms with Crippen LogP contribution in [0.25, 0.3) is 11.0 Å². The predicted molar refractivity (Wildman–Crippen MR) is 157 cm³/mol. The van der Waals surface area contributed by atoms with E-state index in [4.69, 9.17) is 9.25 Å². The van der Waals surface area contributed by atoms with E-state index in [-0.39, 0.29) is 17.2 Å². The lowest BCUT2D eigenvalue weighted by molar-refractivity contribution is -0.384. The van der Waals surface area contributed by atoms with E-state index in [1.807, 2.05) is 36.4 Å². The molecule has 0 unspecified atom stereocenters. The number of furan rings is 1. The molecule has 0 aliphatic heterocycles. The first-order chi connectivity index (χ1) is 19.9. The second-order valence-electron chi connectivity index (χ2n) is 10.2. The van der Waals surface area contributed by atoms with Gasteiger partial charge in [-0.05, 0) is 72.9 Å². The monoisotopic (exact) mass is 570 g/mol. The molecule has 41 heavy (non-hydrogen) atoms. The van der Waals surface area contributed by atoms with Crippen molar-refractivity contribution in [2.24, 2.45) is 11.1 Å². The van der Waals surface area contributed by atoms with Gasteiger partial charge in [-0.1, -0.05) is 61.2 Å². The Morgan fingerprint density at radius 1 is 0.951 bits per heavy atom. The smallest absolute Gasteiger partial charge is 0.331 e. The fourth-order valence-electron chi connectivity index (χ4n) is 5.10. The molecule has 0 radical (unpaired) electrons. The van der Waals surface area contributed by atoms with Crippen molar-refractivity contribution in [1.82, 2.24) is 0 Å². The highest BCUT2D eigenvalue weighted by Crippen LogP contribution is 2.31. The van der Waals surface area contributed by atoms with E-state index in [1.165, 1.54) is 63.3 Å². The highest BCUT2D eigenvalue weighted by Gasteiger charge is 2.18. The molecule has 1 saturated carbocycles. The fraction of sp³-hybridized carbons (Fsp3) is 0.281. The Hall–Kier alpha value is -4.24. The summed E-state index contributed by atoms with van der Waals surface area (Å²) >= 11 is 1.56. The molecule has 0 N–H and O–H groups in total. The number of non-ortho nitro benzene ring substituents is 1. The third-order valence-electron chi connectivity index (χ3n) is 7.27. The molecule has 4 aromatic rings. The molecule has 1 fully saturated rings. The van der Waals surface area contributed by atoms with Gasteiger partial charge in [0, 0.05) is 39.8 Å². The summed E-state index contributed by atoms with van der Waals surface area (Å²) in [7, 11) is 0. The van der Waals surface area contributed by atoms with Crippen molar-refractivity contribution in [3.63, 3.8) is 0 Å². The topological polar surface area (TPSA) is 112 Å². The standard InChI is InChI=1S/C32H30N2O6S/c1-21(35)40-33-29(17-7-22-5-3-2-4-6-22)23-8-13-27(14-9-23)41-28-15-10-24(11-16-28)32(36)31-20-25-19-26(34(37)38)12-18-30(25)39-31/h8-16,18-20,22H,2-7,17H2,1H3. The second-order valence-corrected chi connectivity index (χ2v) is 11.4. The molecule has 0 atom stereocenters. The van der Waals surface area contributed by atoms with Crippen molar-refractivity contribution < 1.29 is 23.8 Å². The molecule has 0 spiro atoms. The van der Waals surface area contributed by atoms with Crippen molar-refractivity contribution in [2.75, 3.05) is 0 Å². The van der Waals surface area contributed by atoms with Gasteiger partial charge in [0.1, 0.15) is 5.58 Å². The van der Waals surface area contributed by atoms with Gasteiger partial charge in [0.15, 0.2) is 5.76 Å². The van der Waals surface area contributed by atoms with Crippen molar-refractivity contribution in [1.29, 1.82) is 0 Å². The van der Waals surface area contributed by atoms with E-state index in [0.29, 0.717) is 22.5 Å². The first-order valence-corrected chi connectivity index (χ1v) is 14.5. The molecule has 1 aliphatic carbocycles. The number of rotatable bonds is 10. The van der Waals surface area contributed by atoms with Gasteiger partial charge >= 0.3 is 5.97 Å². The van der Waals surface area contributed by atoms with Gasteiger partial charge in [-0.25, -0.2) is 4.79 Å². The summed E-state index contributed by atoms with van der Waals surface area (Å²) in [4.78, 5) is 41.9. The molecule has 1 aliphatic rings. The van der Waals surface area contributed by atoms with Crippen LogP contribution >= 0.6 is 11.8 Å². The van der Waals surface area contributed by atoms with E-state index in [0.717, 1.165) is 33.9 Å². The number of fused-ring (bicyclic) bond motifs is 1. The lowest BCUT2D eigenvalue weighted by Gasteiger charge is -2.21. The lowest BCUT2D eigenvalue weighted by atomic mass is 9.85. The van der Waals surface area contributed by atoms with Gasteiger partial charge in [-0.2, -0.15) is 0 Å². The highest BCUT2D eigenvalue weighted by molar-refractivity contribution is 7.99. The first-order valence-electron chi connectivity index (χ1n) is 13.7. The number of benzene rings is 3. The quantitative estimate of drug-likeness (QED) is 0.0619. The normalized spacial score (nSPS) is 14.2. The van der Waals surface area contributed by atoms with E-state index >= 15 is 0 Å². The van der Waals surface area contributed by atoms with Crippen molar-refractivity contribution in [3.05, 3.63) is 99.8 Å². The third-order valence-corrected chi connectivity index (χ3v) is 8.29. The molecule has 0 bridgehead atoms. The largest absolute Gasteiger partial charge is 0.453 e. The van der Waals surface area contributed by atoms with Crippen LogP contribution in [-0.2, 0) is 9.63 Å². The molecule has 0 saturated heterocycles. The average molecular weight is 571 g/mol. The Bertz CT molecular complexity index is 1580. The SMILES string of the molecule is CC(=O)ON=C(CCC1CCCCC1)c1ccc(Sc2ccc(C(=O)c3cc4cc([N+](=O)[O-])ccc4o3)cc2)cc1. The average Bonchev–Trinajstić information content (AvgIpc) is 3.42. The lowest BCUT2D eigenvalue weighted by Crippen LogP contribution is -2.10. The molecule has 210 valence electrons. The van der Waals surface area contributed by atoms with Crippen LogP contribution in [0.3, 0.4) is 0 Å². The number of oxime groups is 1. The van der Waals surface area contributed by atoms with Crippen molar-refractivity contribution >= 4 is 45.9 Å². The van der Waals surface area contributed by atoms with Crippen LogP contribution < -0.4 is 0 Å². The summed E-state index contributed by atoms with van der Waals surface area (Å²) < 4.78 is 5.64. The molecule has 1 aromatic heterocycles. The number of hydrogen-bond donors (Lipinski definition) is 0. The Morgan fingerprint density at radius 3 is 2.24 bits per heavy atom. The number of nitro benzene ring substituents is 1. The Kier molecular flexibility index (Phi) is 8.94. The number of hydrogen-bond acceptors (Lipinski definition) is 8. The minimum absolute atomic E-state index is 0.0564. The molecule has 9 heteroatoms. The summed E-state index contributed by atoms with van der Waals surface area (Å²) in [5.74, 6) is 0.103. The zero-order chi connectivity index (χ0) is 28.8. The predicted octanol–water partition coefficient (Wildman–Crippen LogP) is 8.35. The summed E-state index contributed by atoms with van der Waals surface area (Å²) in [6.07, 6.45) is 8.20. The van der Waals surface area contributed by atoms with Crippen LogP contribution in [0, 0.1) is 16.0 Å². The first kappa shape index (κ1) is 28.3. The third kappa shape index (κ3) is 7.29. The number of carbonyl (C=O) groups is 2. The van der Waals surface area contributed by atoms with Gasteiger partial charge in [-0.3, -0.25) is 14.9 Å². The Labute approximate surface area is 241 Å². The minimum Gasteiger partial charge on any atom is -0.453 e. The van der Waals surface area contributed by atoms with E-state index in [9.17, 15) is 19.7 Å². The maximum atomic E-state index is 13.0. The van der Waals surface area contributed by atoms with Crippen LogP contribution in [0.1, 0.15) is 73.6 Å². The summed E-state index contributed by atoms with van der Waals surface area (Å²) in [5, 5.41) is 15.7. The van der Waals surface area contributed by atoms with E-state index in [2.05, 4.69) is 5.16 Å². The summed E-state index contributed by atoms with van der Waals surface area (Å²) in [6.45, 7) is 1.35. The molecule has 1 heterocycles. The number of carbonyl (C=O) groups excluding carboxylic acids is 2. The van der Waals surface area contributed by atoms with Crippen LogP contribution in [0.5, 0.6) is 0 Å². The van der Waals surface area contributed by atoms with Crippen LogP contribution in [0.15, 0.2) is 92.2 Å². The molecular formula is C32H30N2O6S. The summed E-state index contributed by atoms with van der Waals surface area (Å²) in [6, 6.07) is 21.0. The molecular weight excluding hydrogens is 540 g/mol. The van der Waals surface area contributed by atoms with Crippen LogP contribution in [0.4, 0.5) is 5.69 Å². The van der Waals surface area contributed by atoms with E-state index in [1.54, 1.807) is 23.9 Å². The highest BCUT2D eigenvalue weighted by atomic mass is 32.2. The second kappa shape index (κ2) is 13.0. The van der Waals surface area contributed by atoms with Gasteiger partial charge in [0.25, 0.3) is 5.69 Å². The molecule has 0 amide bonds. The Morgan fingerprint density at radius 2 is 1.61 bits per heavy atom. The summed E-state index contributed by atoms with van der Waals surface area (Å²) in [5.41, 5.74) is 2.54. The zero-order valence-electron chi connectivity index (χ0n) is 22.7. The fourth-order valence-corrected chi connectivity index (χ4v) is 5.92. The zero-order valence-corrected chi connectivity index (χ0v) is 23.5. The molecule has 3 aromatic carbocycles. The van der Waals surface area contributed by atoms with Crippen LogP contribution in [-0.4, -0.2) is 22.4 Å². The van der Waals surface area contributed by atoms with Gasteiger partial charge < -0.3 is 9.25 Å². The van der Waals surface area contributed by atoms with E-state index < -0.39 is 10.9 Å². The molecule has 8 nitrogen and oxygen atoms in total. The van der Waals surface area contributed by atoms with Crippen LogP contribution in [0.2, 0.25) is 0 Å². The minimum atomic E-state index is -0.481. The maximum Gasteiger partial charge on any atom is 0.331 e. The number of ketones is 1. The van der Waals surface area contributed by atoms with Gasteiger partial charge in [0.05, 0.1) is 10.6 Å². The van der Waals surface area contributed by atoms with Gasteiger partial charge in [-0.15, -0.1) is 0 Å². The Balaban J connectivity index is 1.24. The number of nitrogens with zero attached hydrogens (tertiary/aromatic N) is 2.